The maximum atomic E-state index is 11.1. The number of carbonyl (C=O) groups is 1. The number of carbonyl (C=O) groups excluding carboxylic acids is 1. The highest BCUT2D eigenvalue weighted by molar-refractivity contribution is 5.91. The van der Waals surface area contributed by atoms with E-state index in [9.17, 15) is 4.79 Å². The highest BCUT2D eigenvalue weighted by Crippen LogP contribution is 2.20. The highest BCUT2D eigenvalue weighted by atomic mass is 16.5. The van der Waals surface area contributed by atoms with E-state index in [-0.39, 0.29) is 0 Å². The molecule has 2 aromatic rings. The first-order valence-corrected chi connectivity index (χ1v) is 9.16. The lowest BCUT2D eigenvalue weighted by Crippen LogP contribution is -2.20. The van der Waals surface area contributed by atoms with Gasteiger partial charge in [-0.05, 0) is 43.2 Å². The van der Waals surface area contributed by atoms with E-state index < -0.39 is 5.91 Å². The standard InChI is InChI=1S/C20H28N4O2/c1-3-5-6-7-8-19-22-17-15-16(10-12-20(25)23-26)9-11-18(17)24(19)14-13-21-4-2/h5-6,9-12,15,21,26H,3-4,7-8,13-14H2,1-2H3,(H,23,25). The predicted octanol–water partition coefficient (Wildman–Crippen LogP) is 3.06. The molecule has 140 valence electrons. The van der Waals surface area contributed by atoms with Crippen LogP contribution < -0.4 is 10.8 Å². The van der Waals surface area contributed by atoms with Crippen molar-refractivity contribution >= 4 is 23.0 Å². The second kappa shape index (κ2) is 10.5. The molecule has 0 bridgehead atoms. The van der Waals surface area contributed by atoms with Crippen molar-refractivity contribution in [3.63, 3.8) is 0 Å². The molecule has 0 spiro atoms. The molecular weight excluding hydrogens is 328 g/mol. The van der Waals surface area contributed by atoms with Crippen molar-refractivity contribution in [1.29, 1.82) is 0 Å². The van der Waals surface area contributed by atoms with E-state index in [2.05, 4.69) is 35.9 Å². The molecule has 6 heteroatoms. The Morgan fingerprint density at radius 1 is 1.31 bits per heavy atom. The normalized spacial score (nSPS) is 11.8. The molecule has 2 rings (SSSR count). The van der Waals surface area contributed by atoms with Gasteiger partial charge in [-0.2, -0.15) is 0 Å². The van der Waals surface area contributed by atoms with E-state index in [1.165, 1.54) is 6.08 Å². The van der Waals surface area contributed by atoms with Crippen molar-refractivity contribution in [3.05, 3.63) is 47.8 Å². The number of aryl methyl sites for hydroxylation is 1. The zero-order valence-electron chi connectivity index (χ0n) is 15.5. The topological polar surface area (TPSA) is 79.2 Å². The summed E-state index contributed by atoms with van der Waals surface area (Å²) in [5.74, 6) is 0.526. The van der Waals surface area contributed by atoms with E-state index in [0.717, 1.165) is 61.3 Å². The first-order chi connectivity index (χ1) is 12.7. The third-order valence-electron chi connectivity index (χ3n) is 4.09. The third kappa shape index (κ3) is 5.54. The van der Waals surface area contributed by atoms with Crippen LogP contribution in [0.3, 0.4) is 0 Å². The molecule has 1 aromatic heterocycles. The summed E-state index contributed by atoms with van der Waals surface area (Å²) in [6.07, 6.45) is 10.3. The lowest BCUT2D eigenvalue weighted by Gasteiger charge is -2.09. The Kier molecular flexibility index (Phi) is 8.05. The van der Waals surface area contributed by atoms with E-state index in [1.54, 1.807) is 11.6 Å². The van der Waals surface area contributed by atoms with Gasteiger partial charge in [0, 0.05) is 25.6 Å². The second-order valence-corrected chi connectivity index (χ2v) is 6.01. The summed E-state index contributed by atoms with van der Waals surface area (Å²) in [6.45, 7) is 6.96. The number of rotatable bonds is 10. The monoisotopic (exact) mass is 356 g/mol. The number of fused-ring (bicyclic) bond motifs is 1. The van der Waals surface area contributed by atoms with Gasteiger partial charge in [0.15, 0.2) is 0 Å². The van der Waals surface area contributed by atoms with Crippen LogP contribution in [-0.2, 0) is 17.8 Å². The Hall–Kier alpha value is -2.44. The minimum absolute atomic E-state index is 0.551. The lowest BCUT2D eigenvalue weighted by molar-refractivity contribution is -0.124. The van der Waals surface area contributed by atoms with Gasteiger partial charge in [0.2, 0.25) is 0 Å². The molecule has 6 nitrogen and oxygen atoms in total. The van der Waals surface area contributed by atoms with Crippen molar-refractivity contribution in [1.82, 2.24) is 20.3 Å². The number of hydrogen-bond donors (Lipinski definition) is 3. The lowest BCUT2D eigenvalue weighted by atomic mass is 10.2. The molecule has 1 heterocycles. The first kappa shape index (κ1) is 19.9. The Morgan fingerprint density at radius 3 is 2.88 bits per heavy atom. The molecule has 0 aliphatic rings. The number of likely N-dealkylation sites (N-methyl/N-ethyl adjacent to an activating group) is 1. The molecule has 0 unspecified atom stereocenters. The molecule has 0 aliphatic carbocycles. The molecule has 1 amide bonds. The number of allylic oxidation sites excluding steroid dienone is 2. The zero-order valence-corrected chi connectivity index (χ0v) is 15.5. The summed E-state index contributed by atoms with van der Waals surface area (Å²) in [7, 11) is 0. The van der Waals surface area contributed by atoms with Crippen LogP contribution >= 0.6 is 0 Å². The molecule has 1 aromatic carbocycles. The Bertz CT molecular complexity index is 777. The average molecular weight is 356 g/mol. The van der Waals surface area contributed by atoms with Crippen molar-refractivity contribution in [2.24, 2.45) is 0 Å². The summed E-state index contributed by atoms with van der Waals surface area (Å²) in [5, 5.41) is 11.9. The van der Waals surface area contributed by atoms with Gasteiger partial charge < -0.3 is 9.88 Å². The van der Waals surface area contributed by atoms with E-state index >= 15 is 0 Å². The van der Waals surface area contributed by atoms with Crippen molar-refractivity contribution in [2.45, 2.75) is 39.7 Å². The molecule has 0 saturated carbocycles. The van der Waals surface area contributed by atoms with Gasteiger partial charge in [0.25, 0.3) is 5.91 Å². The predicted molar refractivity (Wildman–Crippen MR) is 105 cm³/mol. The van der Waals surface area contributed by atoms with Crippen LogP contribution in [-0.4, -0.2) is 33.8 Å². The van der Waals surface area contributed by atoms with Gasteiger partial charge in [-0.25, -0.2) is 10.5 Å². The van der Waals surface area contributed by atoms with Crippen molar-refractivity contribution in [3.8, 4) is 0 Å². The molecular formula is C20H28N4O2. The summed E-state index contributed by atoms with van der Waals surface area (Å²) in [4.78, 5) is 16.0. The summed E-state index contributed by atoms with van der Waals surface area (Å²) in [5.41, 5.74) is 4.48. The third-order valence-corrected chi connectivity index (χ3v) is 4.09. The quantitative estimate of drug-likeness (QED) is 0.201. The number of hydrogen-bond acceptors (Lipinski definition) is 4. The van der Waals surface area contributed by atoms with Gasteiger partial charge in [-0.3, -0.25) is 10.0 Å². The number of amides is 1. The van der Waals surface area contributed by atoms with Crippen LogP contribution in [0.15, 0.2) is 36.4 Å². The number of benzene rings is 1. The molecule has 26 heavy (non-hydrogen) atoms. The maximum absolute atomic E-state index is 11.1. The van der Waals surface area contributed by atoms with Gasteiger partial charge >= 0.3 is 0 Å². The summed E-state index contributed by atoms with van der Waals surface area (Å²) in [6, 6.07) is 5.96. The largest absolute Gasteiger partial charge is 0.327 e. The van der Waals surface area contributed by atoms with Gasteiger partial charge in [0.1, 0.15) is 5.82 Å². The molecule has 0 fully saturated rings. The Balaban J connectivity index is 2.28. The fourth-order valence-corrected chi connectivity index (χ4v) is 2.81. The van der Waals surface area contributed by atoms with Gasteiger partial charge in [-0.15, -0.1) is 0 Å². The van der Waals surface area contributed by atoms with Crippen LogP contribution in [0.5, 0.6) is 0 Å². The zero-order chi connectivity index (χ0) is 18.8. The molecule has 0 atom stereocenters. The fraction of sp³-hybridized carbons (Fsp3) is 0.400. The van der Waals surface area contributed by atoms with E-state index in [0.29, 0.717) is 0 Å². The molecule has 0 radical (unpaired) electrons. The van der Waals surface area contributed by atoms with Gasteiger partial charge in [0.05, 0.1) is 11.0 Å². The van der Waals surface area contributed by atoms with Crippen LogP contribution in [0.25, 0.3) is 17.1 Å². The summed E-state index contributed by atoms with van der Waals surface area (Å²) >= 11 is 0. The number of nitrogens with zero attached hydrogens (tertiary/aromatic N) is 2. The number of aromatic nitrogens is 2. The van der Waals surface area contributed by atoms with E-state index in [4.69, 9.17) is 10.2 Å². The van der Waals surface area contributed by atoms with Crippen LogP contribution in [0.2, 0.25) is 0 Å². The minimum atomic E-state index is -0.551. The minimum Gasteiger partial charge on any atom is -0.327 e. The van der Waals surface area contributed by atoms with Crippen molar-refractivity contribution < 1.29 is 10.0 Å². The molecule has 0 saturated heterocycles. The first-order valence-electron chi connectivity index (χ1n) is 9.16. The van der Waals surface area contributed by atoms with Crippen LogP contribution in [0.1, 0.15) is 38.1 Å². The van der Waals surface area contributed by atoms with Crippen LogP contribution in [0.4, 0.5) is 0 Å². The Morgan fingerprint density at radius 2 is 2.15 bits per heavy atom. The smallest absolute Gasteiger partial charge is 0.267 e. The molecule has 3 N–H and O–H groups in total. The fourth-order valence-electron chi connectivity index (χ4n) is 2.81. The average Bonchev–Trinajstić information content (AvgIpc) is 3.00. The van der Waals surface area contributed by atoms with E-state index in [1.807, 2.05) is 18.2 Å². The SMILES string of the molecule is CCC=CCCc1nc2cc(C=CC(=O)NO)ccc2n1CCNCC. The van der Waals surface area contributed by atoms with Crippen LogP contribution in [0, 0.1) is 0 Å². The number of nitrogens with one attached hydrogen (secondary N) is 2. The van der Waals surface area contributed by atoms with Gasteiger partial charge in [-0.1, -0.05) is 32.1 Å². The summed E-state index contributed by atoms with van der Waals surface area (Å²) < 4.78 is 2.27. The number of imidazole rings is 1. The Labute approximate surface area is 154 Å². The number of hydroxylamine groups is 1. The molecule has 0 aliphatic heterocycles. The maximum Gasteiger partial charge on any atom is 0.267 e. The highest BCUT2D eigenvalue weighted by Gasteiger charge is 2.10. The second-order valence-electron chi connectivity index (χ2n) is 6.01. The van der Waals surface area contributed by atoms with Crippen molar-refractivity contribution in [2.75, 3.05) is 13.1 Å².